The molecule has 3 aromatic rings. The summed E-state index contributed by atoms with van der Waals surface area (Å²) >= 11 is 6.10. The lowest BCUT2D eigenvalue weighted by atomic mass is 10.1. The van der Waals surface area contributed by atoms with Crippen LogP contribution >= 0.6 is 11.6 Å². The molecule has 3 rings (SSSR count). The first-order valence-electron chi connectivity index (χ1n) is 11.1. The van der Waals surface area contributed by atoms with Gasteiger partial charge in [0.1, 0.15) is 10.6 Å². The lowest BCUT2D eigenvalue weighted by molar-refractivity contribution is -0.122. The molecule has 0 saturated heterocycles. The monoisotopic (exact) mass is 532 g/mol. The van der Waals surface area contributed by atoms with Gasteiger partial charge in [-0.2, -0.15) is 4.31 Å². The Balaban J connectivity index is 1.88. The molecule has 0 aliphatic rings. The predicted octanol–water partition coefficient (Wildman–Crippen LogP) is 4.43. The number of nitrogens with zero attached hydrogens (tertiary/aromatic N) is 1. The van der Waals surface area contributed by atoms with Gasteiger partial charge in [-0.05, 0) is 48.4 Å². The maximum atomic E-state index is 13.7. The summed E-state index contributed by atoms with van der Waals surface area (Å²) in [4.78, 5) is 13.0. The molecule has 10 heteroatoms. The molecule has 0 spiro atoms. The van der Waals surface area contributed by atoms with E-state index in [1.807, 2.05) is 12.1 Å². The molecule has 0 aliphatic carbocycles. The van der Waals surface area contributed by atoms with Crippen LogP contribution in [0.4, 0.5) is 0 Å². The van der Waals surface area contributed by atoms with Gasteiger partial charge in [-0.25, -0.2) is 8.42 Å². The highest BCUT2D eigenvalue weighted by Crippen LogP contribution is 2.31. The molecule has 0 aliphatic heterocycles. The van der Waals surface area contributed by atoms with Crippen LogP contribution in [0.15, 0.2) is 71.6 Å². The zero-order chi connectivity index (χ0) is 26.3. The first kappa shape index (κ1) is 27.3. The largest absolute Gasteiger partial charge is 0.495 e. The van der Waals surface area contributed by atoms with E-state index in [0.717, 1.165) is 15.4 Å². The van der Waals surface area contributed by atoms with Crippen LogP contribution in [0.1, 0.15) is 24.1 Å². The molecule has 1 N–H and O–H groups in total. The lowest BCUT2D eigenvalue weighted by Gasteiger charge is -2.24. The minimum absolute atomic E-state index is 0.0169. The van der Waals surface area contributed by atoms with Crippen molar-refractivity contribution in [3.05, 3.63) is 82.9 Å². The topological polar surface area (TPSA) is 94.2 Å². The first-order chi connectivity index (χ1) is 17.2. The third kappa shape index (κ3) is 6.48. The van der Waals surface area contributed by atoms with Crippen LogP contribution in [-0.4, -0.2) is 46.5 Å². The minimum atomic E-state index is -4.15. The fraction of sp³-hybridized carbons (Fsp3) is 0.269. The second-order valence-electron chi connectivity index (χ2n) is 7.96. The van der Waals surface area contributed by atoms with Crippen molar-refractivity contribution >= 4 is 27.5 Å². The molecular weight excluding hydrogens is 504 g/mol. The Labute approximate surface area is 216 Å². The molecule has 0 unspecified atom stereocenters. The number of ether oxygens (including phenoxy) is 3. The van der Waals surface area contributed by atoms with Gasteiger partial charge in [-0.15, -0.1) is 0 Å². The Morgan fingerprint density at radius 3 is 2.19 bits per heavy atom. The maximum absolute atomic E-state index is 13.7. The van der Waals surface area contributed by atoms with E-state index in [1.54, 1.807) is 56.5 Å². The van der Waals surface area contributed by atoms with E-state index in [2.05, 4.69) is 5.32 Å². The summed E-state index contributed by atoms with van der Waals surface area (Å²) in [5, 5.41) is 3.10. The van der Waals surface area contributed by atoms with Gasteiger partial charge in [-0.3, -0.25) is 4.79 Å². The second kappa shape index (κ2) is 12.1. The minimum Gasteiger partial charge on any atom is -0.495 e. The normalized spacial score (nSPS) is 12.2. The van der Waals surface area contributed by atoms with Crippen LogP contribution < -0.4 is 19.5 Å². The molecule has 0 aromatic heterocycles. The summed E-state index contributed by atoms with van der Waals surface area (Å²) in [7, 11) is 0.293. The Morgan fingerprint density at radius 1 is 0.917 bits per heavy atom. The van der Waals surface area contributed by atoms with Crippen LogP contribution in [0.3, 0.4) is 0 Å². The number of methoxy groups -OCH3 is 3. The Bertz CT molecular complexity index is 1300. The smallest absolute Gasteiger partial charge is 0.247 e. The molecule has 1 amide bonds. The van der Waals surface area contributed by atoms with Crippen molar-refractivity contribution in [3.8, 4) is 17.2 Å². The SMILES string of the molecule is COc1ccc([C@@H](C)NC(=O)CN(Cc2ccccc2)S(=O)(=O)c2cc(Cl)ccc2OC)cc1OC. The van der Waals surface area contributed by atoms with Gasteiger partial charge < -0.3 is 19.5 Å². The number of carbonyl (C=O) groups is 1. The molecule has 8 nitrogen and oxygen atoms in total. The number of hydrogen-bond donors (Lipinski definition) is 1. The third-order valence-electron chi connectivity index (χ3n) is 5.55. The van der Waals surface area contributed by atoms with Crippen molar-refractivity contribution < 1.29 is 27.4 Å². The number of hydrogen-bond acceptors (Lipinski definition) is 6. The van der Waals surface area contributed by atoms with Crippen molar-refractivity contribution in [2.24, 2.45) is 0 Å². The zero-order valence-corrected chi connectivity index (χ0v) is 22.1. The first-order valence-corrected chi connectivity index (χ1v) is 12.9. The van der Waals surface area contributed by atoms with Crippen LogP contribution in [0.5, 0.6) is 17.2 Å². The molecule has 0 radical (unpaired) electrons. The predicted molar refractivity (Wildman–Crippen MR) is 138 cm³/mol. The Morgan fingerprint density at radius 2 is 1.56 bits per heavy atom. The zero-order valence-electron chi connectivity index (χ0n) is 20.5. The second-order valence-corrected chi connectivity index (χ2v) is 10.3. The summed E-state index contributed by atoms with van der Waals surface area (Å²) in [6.07, 6.45) is 0. The quantitative estimate of drug-likeness (QED) is 0.392. The lowest BCUT2D eigenvalue weighted by Crippen LogP contribution is -2.41. The molecular formula is C26H29ClN2O6S. The number of halogens is 1. The number of rotatable bonds is 11. The maximum Gasteiger partial charge on any atom is 0.247 e. The third-order valence-corrected chi connectivity index (χ3v) is 7.60. The summed E-state index contributed by atoms with van der Waals surface area (Å²) in [5.74, 6) is 0.752. The molecule has 192 valence electrons. The highest BCUT2D eigenvalue weighted by molar-refractivity contribution is 7.89. The Hall–Kier alpha value is -3.27. The van der Waals surface area contributed by atoms with Crippen LogP contribution in [0.25, 0.3) is 0 Å². The van der Waals surface area contributed by atoms with E-state index in [0.29, 0.717) is 11.5 Å². The Kier molecular flexibility index (Phi) is 9.19. The van der Waals surface area contributed by atoms with Gasteiger partial charge in [0.15, 0.2) is 11.5 Å². The van der Waals surface area contributed by atoms with Crippen LogP contribution in [0.2, 0.25) is 5.02 Å². The molecule has 36 heavy (non-hydrogen) atoms. The number of nitrogens with one attached hydrogen (secondary N) is 1. The van der Waals surface area contributed by atoms with E-state index in [-0.39, 0.29) is 22.2 Å². The van der Waals surface area contributed by atoms with Gasteiger partial charge in [-0.1, -0.05) is 48.0 Å². The average molecular weight is 533 g/mol. The molecule has 1 atom stereocenters. The summed E-state index contributed by atoms with van der Waals surface area (Å²) in [6, 6.07) is 18.3. The number of sulfonamides is 1. The average Bonchev–Trinajstić information content (AvgIpc) is 2.88. The van der Waals surface area contributed by atoms with Crippen molar-refractivity contribution in [3.63, 3.8) is 0 Å². The summed E-state index contributed by atoms with van der Waals surface area (Å²) in [6.45, 7) is 1.37. The molecule has 0 saturated carbocycles. The molecule has 0 heterocycles. The van der Waals surface area contributed by atoms with E-state index in [1.165, 1.54) is 26.4 Å². The van der Waals surface area contributed by atoms with Gasteiger partial charge in [0.05, 0.1) is 33.9 Å². The van der Waals surface area contributed by atoms with Crippen molar-refractivity contribution in [2.45, 2.75) is 24.4 Å². The summed E-state index contributed by atoms with van der Waals surface area (Å²) in [5.41, 5.74) is 1.50. The van der Waals surface area contributed by atoms with Crippen molar-refractivity contribution in [1.82, 2.24) is 9.62 Å². The van der Waals surface area contributed by atoms with Gasteiger partial charge in [0, 0.05) is 11.6 Å². The summed E-state index contributed by atoms with van der Waals surface area (Å²) < 4.78 is 44.4. The van der Waals surface area contributed by atoms with E-state index < -0.39 is 28.5 Å². The standard InChI is InChI=1S/C26H29ClN2O6S/c1-18(20-10-12-22(33-2)24(14-20)35-4)28-26(30)17-29(16-19-8-6-5-7-9-19)36(31,32)25-15-21(27)11-13-23(25)34-3/h5-15,18H,16-17H2,1-4H3,(H,28,30)/t18-/m1/s1. The molecule has 3 aromatic carbocycles. The highest BCUT2D eigenvalue weighted by atomic mass is 35.5. The van der Waals surface area contributed by atoms with Crippen LogP contribution in [-0.2, 0) is 21.4 Å². The van der Waals surface area contributed by atoms with Crippen LogP contribution in [0, 0.1) is 0 Å². The van der Waals surface area contributed by atoms with E-state index >= 15 is 0 Å². The molecule has 0 fully saturated rings. The number of carbonyl (C=O) groups excluding carboxylic acids is 1. The van der Waals surface area contributed by atoms with Gasteiger partial charge >= 0.3 is 0 Å². The van der Waals surface area contributed by atoms with Gasteiger partial charge in [0.2, 0.25) is 15.9 Å². The van der Waals surface area contributed by atoms with Gasteiger partial charge in [0.25, 0.3) is 0 Å². The van der Waals surface area contributed by atoms with E-state index in [4.69, 9.17) is 25.8 Å². The number of amides is 1. The highest BCUT2D eigenvalue weighted by Gasteiger charge is 2.30. The van der Waals surface area contributed by atoms with Crippen molar-refractivity contribution in [2.75, 3.05) is 27.9 Å². The molecule has 0 bridgehead atoms. The van der Waals surface area contributed by atoms with E-state index in [9.17, 15) is 13.2 Å². The van der Waals surface area contributed by atoms with Crippen molar-refractivity contribution in [1.29, 1.82) is 0 Å². The fourth-order valence-electron chi connectivity index (χ4n) is 3.66. The number of benzene rings is 3. The fourth-order valence-corrected chi connectivity index (χ4v) is 5.46.